The maximum absolute atomic E-state index is 10.9. The van der Waals surface area contributed by atoms with E-state index in [0.717, 1.165) is 0 Å². The molecule has 4 heteroatoms. The summed E-state index contributed by atoms with van der Waals surface area (Å²) >= 11 is 0. The fourth-order valence-electron chi connectivity index (χ4n) is 0.945. The molecule has 4 nitrogen and oxygen atoms in total. The molecule has 0 bridgehead atoms. The highest BCUT2D eigenvalue weighted by atomic mass is 16.5. The quantitative estimate of drug-likeness (QED) is 0.494. The summed E-state index contributed by atoms with van der Waals surface area (Å²) in [7, 11) is 1.33. The molecule has 0 aromatic heterocycles. The number of ether oxygens (including phenoxy) is 2. The molecule has 0 aromatic rings. The molecule has 2 N–H and O–H groups in total. The molecule has 0 spiro atoms. The molecule has 58 valence electrons. The van der Waals surface area contributed by atoms with Gasteiger partial charge in [0.15, 0.2) is 0 Å². The van der Waals surface area contributed by atoms with Crippen molar-refractivity contribution in [3.8, 4) is 0 Å². The van der Waals surface area contributed by atoms with Crippen molar-refractivity contribution >= 4 is 5.97 Å². The van der Waals surface area contributed by atoms with Gasteiger partial charge in [-0.3, -0.25) is 0 Å². The lowest BCUT2D eigenvalue weighted by Gasteiger charge is -2.17. The molecule has 1 aliphatic heterocycles. The van der Waals surface area contributed by atoms with E-state index in [-0.39, 0.29) is 12.6 Å². The zero-order valence-electron chi connectivity index (χ0n) is 5.92. The Balaban J connectivity index is 2.58. The minimum absolute atomic E-state index is 0.277. The molecule has 1 fully saturated rings. The third-order valence-corrected chi connectivity index (χ3v) is 1.64. The highest BCUT2D eigenvalue weighted by Gasteiger charge is 2.39. The lowest BCUT2D eigenvalue weighted by molar-refractivity contribution is -0.146. The molecule has 10 heavy (non-hydrogen) atoms. The Kier molecular flexibility index (Phi) is 1.92. The van der Waals surface area contributed by atoms with Crippen molar-refractivity contribution in [2.24, 2.45) is 5.73 Å². The molecule has 1 heterocycles. The van der Waals surface area contributed by atoms with E-state index in [0.29, 0.717) is 13.0 Å². The van der Waals surface area contributed by atoms with Gasteiger partial charge in [0.2, 0.25) is 0 Å². The van der Waals surface area contributed by atoms with Crippen molar-refractivity contribution < 1.29 is 14.3 Å². The van der Waals surface area contributed by atoms with Gasteiger partial charge in [-0.05, 0) is 0 Å². The van der Waals surface area contributed by atoms with Crippen LogP contribution in [0, 0.1) is 0 Å². The van der Waals surface area contributed by atoms with E-state index < -0.39 is 5.54 Å². The van der Waals surface area contributed by atoms with Crippen LogP contribution in [0.15, 0.2) is 0 Å². The Morgan fingerprint density at radius 3 is 2.90 bits per heavy atom. The Morgan fingerprint density at radius 1 is 1.80 bits per heavy atom. The maximum Gasteiger partial charge on any atom is 0.328 e. The van der Waals surface area contributed by atoms with Crippen LogP contribution in [-0.2, 0) is 14.3 Å². The summed E-state index contributed by atoms with van der Waals surface area (Å²) < 4.78 is 9.45. The van der Waals surface area contributed by atoms with Gasteiger partial charge in [0, 0.05) is 13.0 Å². The molecule has 0 aliphatic carbocycles. The van der Waals surface area contributed by atoms with E-state index in [4.69, 9.17) is 10.5 Å². The van der Waals surface area contributed by atoms with Gasteiger partial charge in [-0.2, -0.15) is 0 Å². The smallest absolute Gasteiger partial charge is 0.328 e. The Hall–Kier alpha value is -0.610. The first-order valence-electron chi connectivity index (χ1n) is 3.14. The van der Waals surface area contributed by atoms with Gasteiger partial charge in [-0.15, -0.1) is 0 Å². The Labute approximate surface area is 59.3 Å². The SMILES string of the molecule is COC(=O)[C@]1(N)CCOC1. The van der Waals surface area contributed by atoms with Gasteiger partial charge < -0.3 is 15.2 Å². The van der Waals surface area contributed by atoms with Crippen LogP contribution in [0.25, 0.3) is 0 Å². The topological polar surface area (TPSA) is 61.5 Å². The predicted octanol–water partition coefficient (Wildman–Crippen LogP) is -0.723. The number of carbonyl (C=O) groups excluding carboxylic acids is 1. The van der Waals surface area contributed by atoms with Crippen molar-refractivity contribution in [1.29, 1.82) is 0 Å². The number of rotatable bonds is 1. The molecular formula is C6H11NO3. The highest BCUT2D eigenvalue weighted by Crippen LogP contribution is 2.16. The predicted molar refractivity (Wildman–Crippen MR) is 34.4 cm³/mol. The van der Waals surface area contributed by atoms with Crippen molar-refractivity contribution in [1.82, 2.24) is 0 Å². The minimum Gasteiger partial charge on any atom is -0.468 e. The first kappa shape index (κ1) is 7.50. The second-order valence-electron chi connectivity index (χ2n) is 2.45. The maximum atomic E-state index is 10.9. The second-order valence-corrected chi connectivity index (χ2v) is 2.45. The van der Waals surface area contributed by atoms with Crippen LogP contribution in [0.2, 0.25) is 0 Å². The van der Waals surface area contributed by atoms with Crippen molar-refractivity contribution in [3.05, 3.63) is 0 Å². The molecular weight excluding hydrogens is 134 g/mol. The fraction of sp³-hybridized carbons (Fsp3) is 0.833. The van der Waals surface area contributed by atoms with Crippen molar-refractivity contribution in [3.63, 3.8) is 0 Å². The van der Waals surface area contributed by atoms with E-state index in [1.807, 2.05) is 0 Å². The summed E-state index contributed by atoms with van der Waals surface area (Å²) in [4.78, 5) is 10.9. The van der Waals surface area contributed by atoms with Crippen LogP contribution in [0.3, 0.4) is 0 Å². The number of nitrogens with two attached hydrogens (primary N) is 1. The molecule has 0 radical (unpaired) electrons. The van der Waals surface area contributed by atoms with E-state index in [1.54, 1.807) is 0 Å². The zero-order chi connectivity index (χ0) is 7.61. The van der Waals surface area contributed by atoms with E-state index >= 15 is 0 Å². The molecule has 1 rings (SSSR count). The van der Waals surface area contributed by atoms with Crippen LogP contribution in [0.5, 0.6) is 0 Å². The van der Waals surface area contributed by atoms with Crippen molar-refractivity contribution in [2.75, 3.05) is 20.3 Å². The summed E-state index contributed by atoms with van der Waals surface area (Å²) in [5.41, 5.74) is 4.73. The number of hydrogen-bond acceptors (Lipinski definition) is 4. The van der Waals surface area contributed by atoms with Crippen LogP contribution < -0.4 is 5.73 Å². The standard InChI is InChI=1S/C6H11NO3/c1-9-5(8)6(7)2-3-10-4-6/h2-4,7H2,1H3/t6-/m0/s1. The summed E-state index contributed by atoms with van der Waals surface area (Å²) in [6.45, 7) is 0.825. The fourth-order valence-corrected chi connectivity index (χ4v) is 0.945. The summed E-state index contributed by atoms with van der Waals surface area (Å²) in [5.74, 6) is -0.384. The monoisotopic (exact) mass is 145 g/mol. The molecule has 0 saturated carbocycles. The van der Waals surface area contributed by atoms with E-state index in [2.05, 4.69) is 4.74 Å². The molecule has 0 amide bonds. The van der Waals surface area contributed by atoms with Crippen LogP contribution in [-0.4, -0.2) is 31.8 Å². The first-order valence-corrected chi connectivity index (χ1v) is 3.14. The third-order valence-electron chi connectivity index (χ3n) is 1.64. The van der Waals surface area contributed by atoms with E-state index in [1.165, 1.54) is 7.11 Å². The van der Waals surface area contributed by atoms with Gasteiger partial charge in [0.05, 0.1) is 13.7 Å². The minimum atomic E-state index is -0.880. The number of carbonyl (C=O) groups is 1. The van der Waals surface area contributed by atoms with E-state index in [9.17, 15) is 4.79 Å². The van der Waals surface area contributed by atoms with Crippen LogP contribution in [0.4, 0.5) is 0 Å². The molecule has 1 aliphatic rings. The average molecular weight is 145 g/mol. The molecule has 0 aromatic carbocycles. The lowest BCUT2D eigenvalue weighted by Crippen LogP contribution is -2.49. The zero-order valence-corrected chi connectivity index (χ0v) is 5.92. The average Bonchev–Trinajstić information content (AvgIpc) is 2.36. The van der Waals surface area contributed by atoms with Crippen LogP contribution >= 0.6 is 0 Å². The highest BCUT2D eigenvalue weighted by molar-refractivity contribution is 5.80. The third kappa shape index (κ3) is 1.12. The summed E-state index contributed by atoms with van der Waals surface area (Å²) in [6, 6.07) is 0. The van der Waals surface area contributed by atoms with Gasteiger partial charge in [0.25, 0.3) is 0 Å². The summed E-state index contributed by atoms with van der Waals surface area (Å²) in [6.07, 6.45) is 0.555. The molecule has 0 unspecified atom stereocenters. The Morgan fingerprint density at radius 2 is 2.50 bits per heavy atom. The molecule has 1 saturated heterocycles. The normalized spacial score (nSPS) is 32.2. The number of methoxy groups -OCH3 is 1. The molecule has 1 atom stereocenters. The first-order chi connectivity index (χ1) is 4.69. The second kappa shape index (κ2) is 2.56. The van der Waals surface area contributed by atoms with Gasteiger partial charge >= 0.3 is 5.97 Å². The van der Waals surface area contributed by atoms with Gasteiger partial charge in [-0.25, -0.2) is 4.79 Å². The van der Waals surface area contributed by atoms with Gasteiger partial charge in [0.1, 0.15) is 5.54 Å². The largest absolute Gasteiger partial charge is 0.468 e. The lowest BCUT2D eigenvalue weighted by atomic mass is 10.0. The number of esters is 1. The summed E-state index contributed by atoms with van der Waals surface area (Å²) in [5, 5.41) is 0. The Bertz CT molecular complexity index is 140. The number of hydrogen-bond donors (Lipinski definition) is 1. The van der Waals surface area contributed by atoms with Crippen LogP contribution in [0.1, 0.15) is 6.42 Å². The van der Waals surface area contributed by atoms with Crippen molar-refractivity contribution in [2.45, 2.75) is 12.0 Å². The van der Waals surface area contributed by atoms with Gasteiger partial charge in [-0.1, -0.05) is 0 Å².